The lowest BCUT2D eigenvalue weighted by molar-refractivity contribution is -0.125. The summed E-state index contributed by atoms with van der Waals surface area (Å²) in [4.78, 5) is 30.6. The monoisotopic (exact) mass is 370 g/mol. The van der Waals surface area contributed by atoms with Gasteiger partial charge in [-0.15, -0.1) is 0 Å². The molecule has 7 nitrogen and oxygen atoms in total. The summed E-state index contributed by atoms with van der Waals surface area (Å²) in [6, 6.07) is 4.00. The Morgan fingerprint density at radius 1 is 1.29 bits per heavy atom. The molecule has 0 spiro atoms. The summed E-state index contributed by atoms with van der Waals surface area (Å²) in [5.74, 6) is -0.182. The Bertz CT molecular complexity index is 689. The minimum absolute atomic E-state index is 0.000987. The van der Waals surface area contributed by atoms with Crippen molar-refractivity contribution in [1.29, 1.82) is 0 Å². The molecule has 0 bridgehead atoms. The van der Waals surface area contributed by atoms with Gasteiger partial charge in [0, 0.05) is 18.8 Å². The van der Waals surface area contributed by atoms with Gasteiger partial charge < -0.3 is 15.0 Å². The zero-order valence-electron chi connectivity index (χ0n) is 12.7. The normalized spacial score (nSPS) is 21.1. The molecule has 2 amide bonds. The largest absolute Gasteiger partial charge is 0.378 e. The first-order valence-corrected chi connectivity index (χ1v) is 8.25. The van der Waals surface area contributed by atoms with Gasteiger partial charge in [0.15, 0.2) is 0 Å². The SMILES string of the molecule is O=C1CC(C(=O)Nc2ccc(Cl)c(Cl)c2)N=C(N2CCOCC2)N1. The van der Waals surface area contributed by atoms with Crippen molar-refractivity contribution >= 4 is 46.7 Å². The van der Waals surface area contributed by atoms with E-state index in [1.54, 1.807) is 18.2 Å². The molecular formula is C15H16Cl2N4O3. The summed E-state index contributed by atoms with van der Waals surface area (Å²) in [6.45, 7) is 2.38. The second-order valence-corrected chi connectivity index (χ2v) is 6.25. The summed E-state index contributed by atoms with van der Waals surface area (Å²) >= 11 is 11.8. The quantitative estimate of drug-likeness (QED) is 0.826. The molecule has 128 valence electrons. The molecule has 2 aliphatic rings. The van der Waals surface area contributed by atoms with E-state index in [1.807, 2.05) is 4.90 Å². The topological polar surface area (TPSA) is 83.0 Å². The molecule has 1 aromatic rings. The predicted octanol–water partition coefficient (Wildman–Crippen LogP) is 1.51. The number of guanidine groups is 1. The third kappa shape index (κ3) is 3.98. The van der Waals surface area contributed by atoms with Gasteiger partial charge in [0.05, 0.1) is 29.7 Å². The van der Waals surface area contributed by atoms with Crippen LogP contribution in [0.1, 0.15) is 6.42 Å². The van der Waals surface area contributed by atoms with Crippen LogP contribution in [0.15, 0.2) is 23.2 Å². The number of ether oxygens (including phenoxy) is 1. The molecule has 1 aromatic carbocycles. The van der Waals surface area contributed by atoms with Gasteiger partial charge in [0.2, 0.25) is 17.8 Å². The Morgan fingerprint density at radius 3 is 2.75 bits per heavy atom. The number of amides is 2. The van der Waals surface area contributed by atoms with Crippen molar-refractivity contribution in [3.63, 3.8) is 0 Å². The van der Waals surface area contributed by atoms with Gasteiger partial charge in [-0.2, -0.15) is 0 Å². The van der Waals surface area contributed by atoms with Crippen LogP contribution in [0.2, 0.25) is 10.0 Å². The third-order valence-corrected chi connectivity index (χ3v) is 4.45. The fourth-order valence-corrected chi connectivity index (χ4v) is 2.76. The highest BCUT2D eigenvalue weighted by Crippen LogP contribution is 2.25. The van der Waals surface area contributed by atoms with Crippen LogP contribution in [0.25, 0.3) is 0 Å². The summed E-state index contributed by atoms with van der Waals surface area (Å²) in [5, 5.41) is 6.17. The molecule has 2 aliphatic heterocycles. The fourth-order valence-electron chi connectivity index (χ4n) is 2.46. The van der Waals surface area contributed by atoms with Crippen LogP contribution >= 0.6 is 23.2 Å². The molecule has 2 N–H and O–H groups in total. The Morgan fingerprint density at radius 2 is 2.04 bits per heavy atom. The van der Waals surface area contributed by atoms with Crippen molar-refractivity contribution in [2.45, 2.75) is 12.5 Å². The number of hydrogen-bond donors (Lipinski definition) is 2. The van der Waals surface area contributed by atoms with E-state index < -0.39 is 6.04 Å². The van der Waals surface area contributed by atoms with Gasteiger partial charge in [0.25, 0.3) is 0 Å². The van der Waals surface area contributed by atoms with Crippen molar-refractivity contribution in [3.05, 3.63) is 28.2 Å². The zero-order chi connectivity index (χ0) is 17.1. The number of nitrogens with zero attached hydrogens (tertiary/aromatic N) is 2. The lowest BCUT2D eigenvalue weighted by atomic mass is 10.1. The van der Waals surface area contributed by atoms with Crippen molar-refractivity contribution in [2.24, 2.45) is 4.99 Å². The molecular weight excluding hydrogens is 355 g/mol. The van der Waals surface area contributed by atoms with Gasteiger partial charge in [-0.1, -0.05) is 23.2 Å². The van der Waals surface area contributed by atoms with Crippen LogP contribution in [0.3, 0.4) is 0 Å². The first-order valence-electron chi connectivity index (χ1n) is 7.49. The lowest BCUT2D eigenvalue weighted by Gasteiger charge is -2.32. The molecule has 0 aliphatic carbocycles. The molecule has 1 fully saturated rings. The maximum atomic E-state index is 12.4. The molecule has 9 heteroatoms. The van der Waals surface area contributed by atoms with E-state index in [1.165, 1.54) is 0 Å². The van der Waals surface area contributed by atoms with E-state index in [2.05, 4.69) is 15.6 Å². The molecule has 1 atom stereocenters. The molecule has 1 unspecified atom stereocenters. The number of morpholine rings is 1. The molecule has 0 aromatic heterocycles. The fraction of sp³-hybridized carbons (Fsp3) is 0.400. The highest BCUT2D eigenvalue weighted by Gasteiger charge is 2.29. The van der Waals surface area contributed by atoms with E-state index in [0.717, 1.165) is 0 Å². The molecule has 2 heterocycles. The minimum atomic E-state index is -0.786. The van der Waals surface area contributed by atoms with Gasteiger partial charge in [-0.05, 0) is 18.2 Å². The molecule has 24 heavy (non-hydrogen) atoms. The van der Waals surface area contributed by atoms with Gasteiger partial charge >= 0.3 is 0 Å². The molecule has 3 rings (SSSR count). The van der Waals surface area contributed by atoms with E-state index in [4.69, 9.17) is 27.9 Å². The Hall–Kier alpha value is -1.83. The van der Waals surface area contributed by atoms with Gasteiger partial charge in [0.1, 0.15) is 6.04 Å². The van der Waals surface area contributed by atoms with E-state index in [-0.39, 0.29) is 18.2 Å². The number of halogens is 2. The highest BCUT2D eigenvalue weighted by molar-refractivity contribution is 6.42. The number of aliphatic imine (C=N–C) groups is 1. The number of carbonyl (C=O) groups excluding carboxylic acids is 2. The number of nitrogens with one attached hydrogen (secondary N) is 2. The van der Waals surface area contributed by atoms with Crippen molar-refractivity contribution < 1.29 is 14.3 Å². The summed E-state index contributed by atoms with van der Waals surface area (Å²) in [6.07, 6.45) is 0.000987. The standard InChI is InChI=1S/C15H16Cl2N4O3/c16-10-2-1-9(7-11(10)17)18-14(23)12-8-13(22)20-15(19-12)21-3-5-24-6-4-21/h1-2,7,12H,3-6,8H2,(H,18,23)(H,19,20,22). The Labute approximate surface area is 149 Å². The third-order valence-electron chi connectivity index (χ3n) is 3.71. The van der Waals surface area contributed by atoms with Crippen LogP contribution in [0.5, 0.6) is 0 Å². The van der Waals surface area contributed by atoms with Crippen LogP contribution < -0.4 is 10.6 Å². The van der Waals surface area contributed by atoms with Gasteiger partial charge in [-0.25, -0.2) is 4.99 Å². The Balaban J connectivity index is 1.72. The number of anilines is 1. The average molecular weight is 371 g/mol. The summed E-state index contributed by atoms with van der Waals surface area (Å²) < 4.78 is 5.28. The predicted molar refractivity (Wildman–Crippen MR) is 91.5 cm³/mol. The van der Waals surface area contributed by atoms with Crippen molar-refractivity contribution in [2.75, 3.05) is 31.6 Å². The number of carbonyl (C=O) groups is 2. The van der Waals surface area contributed by atoms with Crippen LogP contribution in [0.4, 0.5) is 5.69 Å². The number of hydrogen-bond acceptors (Lipinski definition) is 5. The number of rotatable bonds is 2. The van der Waals surface area contributed by atoms with Gasteiger partial charge in [-0.3, -0.25) is 14.9 Å². The van der Waals surface area contributed by atoms with E-state index in [9.17, 15) is 9.59 Å². The first kappa shape index (κ1) is 17.0. The first-order chi connectivity index (χ1) is 11.5. The minimum Gasteiger partial charge on any atom is -0.378 e. The smallest absolute Gasteiger partial charge is 0.249 e. The highest BCUT2D eigenvalue weighted by atomic mass is 35.5. The van der Waals surface area contributed by atoms with E-state index >= 15 is 0 Å². The van der Waals surface area contributed by atoms with Crippen LogP contribution in [0, 0.1) is 0 Å². The van der Waals surface area contributed by atoms with E-state index in [0.29, 0.717) is 48.0 Å². The van der Waals surface area contributed by atoms with Crippen molar-refractivity contribution in [3.8, 4) is 0 Å². The summed E-state index contributed by atoms with van der Waals surface area (Å²) in [5.41, 5.74) is 0.503. The zero-order valence-corrected chi connectivity index (χ0v) is 14.2. The average Bonchev–Trinajstić information content (AvgIpc) is 2.58. The van der Waals surface area contributed by atoms with Crippen LogP contribution in [-0.4, -0.2) is 55.0 Å². The molecule has 0 saturated carbocycles. The second-order valence-electron chi connectivity index (χ2n) is 5.44. The molecule has 1 saturated heterocycles. The molecule has 0 radical (unpaired) electrons. The lowest BCUT2D eigenvalue weighted by Crippen LogP contribution is -2.53. The Kier molecular flexibility index (Phi) is 5.23. The number of benzene rings is 1. The van der Waals surface area contributed by atoms with Crippen molar-refractivity contribution in [1.82, 2.24) is 10.2 Å². The second kappa shape index (κ2) is 7.38. The summed E-state index contributed by atoms with van der Waals surface area (Å²) in [7, 11) is 0. The maximum Gasteiger partial charge on any atom is 0.249 e. The maximum absolute atomic E-state index is 12.4. The van der Waals surface area contributed by atoms with Crippen LogP contribution in [-0.2, 0) is 14.3 Å².